The zero-order valence-corrected chi connectivity index (χ0v) is 21.3. The maximum Gasteiger partial charge on any atom is 0.257 e. The molecule has 3 aromatic rings. The summed E-state index contributed by atoms with van der Waals surface area (Å²) in [7, 11) is 3.33. The van der Waals surface area contributed by atoms with Gasteiger partial charge in [-0.25, -0.2) is 0 Å². The van der Waals surface area contributed by atoms with Crippen LogP contribution >= 0.6 is 12.2 Å². The Labute approximate surface area is 211 Å². The van der Waals surface area contributed by atoms with E-state index in [1.165, 1.54) is 7.11 Å². The average Bonchev–Trinajstić information content (AvgIpc) is 2.84. The lowest BCUT2D eigenvalue weighted by Crippen LogP contribution is -2.34. The maximum absolute atomic E-state index is 12.6. The van der Waals surface area contributed by atoms with Gasteiger partial charge in [-0.3, -0.25) is 14.9 Å². The molecule has 3 aromatic carbocycles. The number of ether oxygens (including phenoxy) is 1. The van der Waals surface area contributed by atoms with Crippen LogP contribution < -0.4 is 26.0 Å². The highest BCUT2D eigenvalue weighted by Gasteiger charge is 2.15. The first kappa shape index (κ1) is 25.7. The molecule has 0 bridgehead atoms. The Morgan fingerprint density at radius 2 is 1.37 bits per heavy atom. The number of thiocarbonyl (C=S) groups is 1. The lowest BCUT2D eigenvalue weighted by atomic mass is 9.87. The van der Waals surface area contributed by atoms with Crippen LogP contribution in [0.1, 0.15) is 47.1 Å². The molecule has 2 amide bonds. The second-order valence-electron chi connectivity index (χ2n) is 8.93. The van der Waals surface area contributed by atoms with Crippen molar-refractivity contribution in [3.05, 3.63) is 83.4 Å². The van der Waals surface area contributed by atoms with Gasteiger partial charge < -0.3 is 20.7 Å². The number of carbonyl (C=O) groups excluding carboxylic acids is 2. The molecular weight excluding hydrogens is 460 g/mol. The van der Waals surface area contributed by atoms with Crippen LogP contribution in [-0.4, -0.2) is 31.1 Å². The van der Waals surface area contributed by atoms with E-state index in [0.29, 0.717) is 28.3 Å². The Bertz CT molecular complexity index is 1220. The molecule has 0 radical (unpaired) electrons. The number of anilines is 3. The largest absolute Gasteiger partial charge is 0.494 e. The lowest BCUT2D eigenvalue weighted by molar-refractivity contribution is 0.0976. The quantitative estimate of drug-likeness (QED) is 0.345. The Balaban J connectivity index is 1.63. The fraction of sp³-hybridized carbons (Fsp3) is 0.222. The molecule has 0 spiro atoms. The predicted molar refractivity (Wildman–Crippen MR) is 146 cm³/mol. The molecule has 0 fully saturated rings. The van der Waals surface area contributed by atoms with Crippen molar-refractivity contribution in [1.29, 1.82) is 0 Å². The summed E-state index contributed by atoms with van der Waals surface area (Å²) in [6.45, 7) is 6.36. The molecule has 35 heavy (non-hydrogen) atoms. The third kappa shape index (κ3) is 6.80. The van der Waals surface area contributed by atoms with Crippen molar-refractivity contribution in [3.63, 3.8) is 0 Å². The minimum Gasteiger partial charge on any atom is -0.494 e. The molecule has 0 aliphatic carbocycles. The molecule has 8 heteroatoms. The number of methoxy groups -OCH3 is 1. The number of amides is 2. The van der Waals surface area contributed by atoms with E-state index in [2.05, 4.69) is 42.0 Å². The lowest BCUT2D eigenvalue weighted by Gasteiger charge is -2.19. The summed E-state index contributed by atoms with van der Waals surface area (Å²) < 4.78 is 5.43. The van der Waals surface area contributed by atoms with Crippen molar-refractivity contribution in [2.45, 2.75) is 26.2 Å². The van der Waals surface area contributed by atoms with Crippen LogP contribution in [-0.2, 0) is 5.41 Å². The van der Waals surface area contributed by atoms with Gasteiger partial charge in [0.05, 0.1) is 12.8 Å². The smallest absolute Gasteiger partial charge is 0.257 e. The van der Waals surface area contributed by atoms with Crippen molar-refractivity contribution in [3.8, 4) is 5.75 Å². The van der Waals surface area contributed by atoms with Crippen LogP contribution in [0.3, 0.4) is 0 Å². The zero-order valence-electron chi connectivity index (χ0n) is 20.5. The Hall–Kier alpha value is -3.91. The van der Waals surface area contributed by atoms with Gasteiger partial charge in [0.2, 0.25) is 0 Å². The predicted octanol–water partition coefficient (Wildman–Crippen LogP) is 5.41. The molecule has 0 heterocycles. The van der Waals surface area contributed by atoms with Gasteiger partial charge in [-0.15, -0.1) is 0 Å². The summed E-state index contributed by atoms with van der Waals surface area (Å²) in [4.78, 5) is 25.2. The number of rotatable bonds is 6. The molecule has 0 aromatic heterocycles. The minimum absolute atomic E-state index is 0.00765. The van der Waals surface area contributed by atoms with E-state index in [0.717, 1.165) is 11.3 Å². The highest BCUT2D eigenvalue weighted by Crippen LogP contribution is 2.28. The molecule has 0 aliphatic heterocycles. The fourth-order valence-corrected chi connectivity index (χ4v) is 3.52. The van der Waals surface area contributed by atoms with Crippen molar-refractivity contribution in [1.82, 2.24) is 5.32 Å². The van der Waals surface area contributed by atoms with Gasteiger partial charge in [-0.05, 0) is 71.7 Å². The van der Waals surface area contributed by atoms with Gasteiger partial charge in [0.25, 0.3) is 11.8 Å². The normalized spacial score (nSPS) is 10.8. The Morgan fingerprint density at radius 1 is 0.800 bits per heavy atom. The van der Waals surface area contributed by atoms with Crippen LogP contribution in [0, 0.1) is 0 Å². The van der Waals surface area contributed by atoms with Crippen molar-refractivity contribution < 1.29 is 14.3 Å². The monoisotopic (exact) mass is 490 g/mol. The Kier molecular flexibility index (Phi) is 8.09. The van der Waals surface area contributed by atoms with Gasteiger partial charge in [-0.2, -0.15) is 0 Å². The Morgan fingerprint density at radius 3 is 1.94 bits per heavy atom. The molecule has 0 aliphatic rings. The number of nitrogens with one attached hydrogen (secondary N) is 4. The highest BCUT2D eigenvalue weighted by atomic mass is 32.1. The molecule has 0 saturated heterocycles. The van der Waals surface area contributed by atoms with Gasteiger partial charge in [0.15, 0.2) is 5.11 Å². The molecule has 7 nitrogen and oxygen atoms in total. The van der Waals surface area contributed by atoms with E-state index in [1.807, 2.05) is 31.3 Å². The van der Waals surface area contributed by atoms with Gasteiger partial charge >= 0.3 is 0 Å². The minimum atomic E-state index is -0.303. The van der Waals surface area contributed by atoms with Crippen LogP contribution in [0.2, 0.25) is 0 Å². The maximum atomic E-state index is 12.6. The van der Waals surface area contributed by atoms with Crippen molar-refractivity contribution >= 4 is 46.2 Å². The first-order chi connectivity index (χ1) is 16.6. The SMILES string of the molecule is CNc1ccc(C(=O)Nc2ccc(NC(=S)NC(=O)c3ccc(C(C)(C)C)cc3)cc2OC)cc1. The summed E-state index contributed by atoms with van der Waals surface area (Å²) in [6.07, 6.45) is 0. The van der Waals surface area contributed by atoms with E-state index < -0.39 is 0 Å². The molecule has 0 atom stereocenters. The third-order valence-electron chi connectivity index (χ3n) is 5.38. The fourth-order valence-electron chi connectivity index (χ4n) is 3.31. The summed E-state index contributed by atoms with van der Waals surface area (Å²) >= 11 is 5.31. The highest BCUT2D eigenvalue weighted by molar-refractivity contribution is 7.80. The van der Waals surface area contributed by atoms with Crippen molar-refractivity contribution in [2.24, 2.45) is 0 Å². The number of hydrogen-bond donors (Lipinski definition) is 4. The van der Waals surface area contributed by atoms with Gasteiger partial charge in [-0.1, -0.05) is 32.9 Å². The summed E-state index contributed by atoms with van der Waals surface area (Å²) in [5, 5.41) is 11.7. The third-order valence-corrected chi connectivity index (χ3v) is 5.59. The van der Waals surface area contributed by atoms with E-state index >= 15 is 0 Å². The average molecular weight is 491 g/mol. The van der Waals surface area contributed by atoms with E-state index in [4.69, 9.17) is 17.0 Å². The number of carbonyl (C=O) groups is 2. The number of benzene rings is 3. The molecule has 4 N–H and O–H groups in total. The van der Waals surface area contributed by atoms with Crippen LogP contribution in [0.5, 0.6) is 5.75 Å². The number of hydrogen-bond acceptors (Lipinski definition) is 5. The summed E-state index contributed by atoms with van der Waals surface area (Å²) in [6, 6.07) is 19.7. The molecule has 3 rings (SSSR count). The molecule has 182 valence electrons. The van der Waals surface area contributed by atoms with Crippen molar-refractivity contribution in [2.75, 3.05) is 30.1 Å². The van der Waals surface area contributed by atoms with E-state index in [9.17, 15) is 9.59 Å². The summed E-state index contributed by atoms with van der Waals surface area (Å²) in [5.74, 6) is -0.114. The topological polar surface area (TPSA) is 91.5 Å². The van der Waals surface area contributed by atoms with E-state index in [-0.39, 0.29) is 22.3 Å². The van der Waals surface area contributed by atoms with E-state index in [1.54, 1.807) is 42.5 Å². The molecular formula is C27H30N4O3S. The zero-order chi connectivity index (χ0) is 25.6. The second kappa shape index (κ2) is 11.0. The first-order valence-corrected chi connectivity index (χ1v) is 11.5. The van der Waals surface area contributed by atoms with Gasteiger partial charge in [0.1, 0.15) is 5.75 Å². The summed E-state index contributed by atoms with van der Waals surface area (Å²) in [5.41, 5.74) is 4.21. The first-order valence-electron chi connectivity index (χ1n) is 11.1. The van der Waals surface area contributed by atoms with Crippen LogP contribution in [0.15, 0.2) is 66.7 Å². The standard InChI is InChI=1S/C27H30N4O3S/c1-27(2,3)19-10-6-17(7-11-19)25(33)31-26(35)29-21-14-15-22(23(16-21)34-5)30-24(32)18-8-12-20(28-4)13-9-18/h6-16,28H,1-5H3,(H,30,32)(H2,29,31,33,35). The van der Waals surface area contributed by atoms with Gasteiger partial charge in [0, 0.05) is 35.6 Å². The second-order valence-corrected chi connectivity index (χ2v) is 9.34. The molecule has 0 unspecified atom stereocenters. The van der Waals surface area contributed by atoms with Crippen LogP contribution in [0.25, 0.3) is 0 Å². The van der Waals surface area contributed by atoms with Crippen LogP contribution in [0.4, 0.5) is 17.1 Å². The molecule has 0 saturated carbocycles.